The highest BCUT2D eigenvalue weighted by molar-refractivity contribution is 6.04. The van der Waals surface area contributed by atoms with Crippen molar-refractivity contribution in [2.45, 2.75) is 19.4 Å². The molecule has 0 spiro atoms. The number of hydrogen-bond donors (Lipinski definition) is 1. The highest BCUT2D eigenvalue weighted by atomic mass is 16.5. The molecule has 2 N–H and O–H groups in total. The predicted molar refractivity (Wildman–Crippen MR) is 97.1 cm³/mol. The van der Waals surface area contributed by atoms with Gasteiger partial charge in [-0.15, -0.1) is 0 Å². The molecule has 2 aromatic rings. The Hall–Kier alpha value is -3.09. The van der Waals surface area contributed by atoms with E-state index in [-0.39, 0.29) is 0 Å². The first-order chi connectivity index (χ1) is 12.0. The molecule has 1 aromatic heterocycles. The van der Waals surface area contributed by atoms with Gasteiger partial charge in [0.2, 0.25) is 0 Å². The number of amidine groups is 1. The number of methoxy groups -OCH3 is 1. The van der Waals surface area contributed by atoms with Crippen molar-refractivity contribution in [1.29, 1.82) is 0 Å². The SMILES string of the molecule is COc1cc(C2(C)CN3N=CC=C(N)C3=N2)ccc1-n1cnc(C)c1. The van der Waals surface area contributed by atoms with Crippen molar-refractivity contribution in [1.82, 2.24) is 14.6 Å². The smallest absolute Gasteiger partial charge is 0.168 e. The molecule has 1 unspecified atom stereocenters. The number of allylic oxidation sites excluding steroid dienone is 1. The first-order valence-electron chi connectivity index (χ1n) is 8.07. The van der Waals surface area contributed by atoms with E-state index < -0.39 is 5.54 Å². The van der Waals surface area contributed by atoms with E-state index in [1.165, 1.54) is 0 Å². The molecule has 0 saturated carbocycles. The number of nitrogens with zero attached hydrogens (tertiary/aromatic N) is 5. The van der Waals surface area contributed by atoms with Gasteiger partial charge in [0.1, 0.15) is 11.3 Å². The Kier molecular flexibility index (Phi) is 3.38. The lowest BCUT2D eigenvalue weighted by molar-refractivity contribution is 0.373. The average molecular weight is 336 g/mol. The van der Waals surface area contributed by atoms with Gasteiger partial charge >= 0.3 is 0 Å². The minimum absolute atomic E-state index is 0.438. The number of benzene rings is 1. The Balaban J connectivity index is 1.75. The molecular formula is C18H20N6O. The van der Waals surface area contributed by atoms with Gasteiger partial charge < -0.3 is 15.0 Å². The van der Waals surface area contributed by atoms with Gasteiger partial charge in [0, 0.05) is 12.4 Å². The number of fused-ring (bicyclic) bond motifs is 1. The van der Waals surface area contributed by atoms with E-state index in [0.717, 1.165) is 28.5 Å². The number of rotatable bonds is 3. The van der Waals surface area contributed by atoms with Crippen LogP contribution < -0.4 is 10.5 Å². The van der Waals surface area contributed by atoms with Gasteiger partial charge in [-0.3, -0.25) is 4.99 Å². The van der Waals surface area contributed by atoms with Crippen molar-refractivity contribution < 1.29 is 4.74 Å². The number of aromatic nitrogens is 2. The summed E-state index contributed by atoms with van der Waals surface area (Å²) in [5, 5.41) is 6.19. The molecule has 0 fully saturated rings. The molecule has 0 aliphatic carbocycles. The molecule has 0 radical (unpaired) electrons. The van der Waals surface area contributed by atoms with Gasteiger partial charge in [0.15, 0.2) is 5.84 Å². The third-order valence-corrected chi connectivity index (χ3v) is 4.56. The second kappa shape index (κ2) is 5.47. The minimum Gasteiger partial charge on any atom is -0.495 e. The number of hydrogen-bond acceptors (Lipinski definition) is 6. The van der Waals surface area contributed by atoms with Gasteiger partial charge in [-0.25, -0.2) is 9.99 Å². The van der Waals surface area contributed by atoms with Crippen LogP contribution in [0.15, 0.2) is 52.6 Å². The van der Waals surface area contributed by atoms with E-state index in [0.29, 0.717) is 12.2 Å². The summed E-state index contributed by atoms with van der Waals surface area (Å²) in [4.78, 5) is 9.12. The number of imidazole rings is 1. The van der Waals surface area contributed by atoms with Gasteiger partial charge in [-0.2, -0.15) is 5.10 Å². The highest BCUT2D eigenvalue weighted by Crippen LogP contribution is 2.37. The van der Waals surface area contributed by atoms with E-state index in [4.69, 9.17) is 15.5 Å². The standard InChI is InChI=1S/C18H20N6O/c1-12-9-23(11-20-12)15-5-4-13(8-16(15)25-3)18(2)10-24-17(22-18)14(19)6-7-21-24/h4-9,11H,10,19H2,1-3H3. The summed E-state index contributed by atoms with van der Waals surface area (Å²) in [6.45, 7) is 4.68. The van der Waals surface area contributed by atoms with Crippen LogP contribution in [0.3, 0.4) is 0 Å². The fourth-order valence-corrected chi connectivity index (χ4v) is 3.21. The van der Waals surface area contributed by atoms with Crippen molar-refractivity contribution in [2.75, 3.05) is 13.7 Å². The number of aliphatic imine (C=N–C) groups is 1. The van der Waals surface area contributed by atoms with Crippen LogP contribution in [0.2, 0.25) is 0 Å². The van der Waals surface area contributed by atoms with Crippen LogP contribution in [0.25, 0.3) is 5.69 Å². The summed E-state index contributed by atoms with van der Waals surface area (Å²) < 4.78 is 7.57. The zero-order valence-corrected chi connectivity index (χ0v) is 14.5. The van der Waals surface area contributed by atoms with E-state index in [2.05, 4.69) is 23.1 Å². The summed E-state index contributed by atoms with van der Waals surface area (Å²) in [5.74, 6) is 1.49. The van der Waals surface area contributed by atoms with Crippen molar-refractivity contribution in [3.05, 3.63) is 53.8 Å². The Morgan fingerprint density at radius 3 is 2.84 bits per heavy atom. The van der Waals surface area contributed by atoms with Gasteiger partial charge in [-0.05, 0) is 37.6 Å². The van der Waals surface area contributed by atoms with Crippen molar-refractivity contribution in [3.8, 4) is 11.4 Å². The summed E-state index contributed by atoms with van der Waals surface area (Å²) >= 11 is 0. The third-order valence-electron chi connectivity index (χ3n) is 4.56. The molecule has 2 aliphatic rings. The van der Waals surface area contributed by atoms with Crippen LogP contribution in [0.4, 0.5) is 0 Å². The largest absolute Gasteiger partial charge is 0.495 e. The molecule has 1 aromatic carbocycles. The van der Waals surface area contributed by atoms with E-state index in [1.807, 2.05) is 34.8 Å². The molecule has 128 valence electrons. The van der Waals surface area contributed by atoms with E-state index in [9.17, 15) is 0 Å². The zero-order chi connectivity index (χ0) is 17.6. The molecule has 0 bridgehead atoms. The van der Waals surface area contributed by atoms with Crippen LogP contribution in [0.1, 0.15) is 18.2 Å². The van der Waals surface area contributed by atoms with Gasteiger partial charge in [0.05, 0.1) is 37.1 Å². The predicted octanol–water partition coefficient (Wildman–Crippen LogP) is 1.96. The highest BCUT2D eigenvalue weighted by Gasteiger charge is 2.38. The van der Waals surface area contributed by atoms with Gasteiger partial charge in [0.25, 0.3) is 0 Å². The Bertz CT molecular complexity index is 925. The average Bonchev–Trinajstić information content (AvgIpc) is 3.19. The summed E-state index contributed by atoms with van der Waals surface area (Å²) in [6.07, 6.45) is 7.22. The van der Waals surface area contributed by atoms with E-state index >= 15 is 0 Å². The molecule has 1 atom stereocenters. The topological polar surface area (TPSA) is 81.0 Å². The maximum absolute atomic E-state index is 6.04. The first kappa shape index (κ1) is 15.4. The number of nitrogens with two attached hydrogens (primary N) is 1. The van der Waals surface area contributed by atoms with E-state index in [1.54, 1.807) is 25.7 Å². The van der Waals surface area contributed by atoms with Crippen LogP contribution in [-0.2, 0) is 5.54 Å². The Morgan fingerprint density at radius 1 is 1.32 bits per heavy atom. The lowest BCUT2D eigenvalue weighted by atomic mass is 9.93. The molecule has 25 heavy (non-hydrogen) atoms. The number of hydrazone groups is 1. The number of aryl methyl sites for hydroxylation is 1. The van der Waals surface area contributed by atoms with Gasteiger partial charge in [-0.1, -0.05) is 6.07 Å². The second-order valence-corrected chi connectivity index (χ2v) is 6.46. The molecule has 2 aliphatic heterocycles. The lowest BCUT2D eigenvalue weighted by Gasteiger charge is -2.24. The number of ether oxygens (including phenoxy) is 1. The van der Waals surface area contributed by atoms with Crippen molar-refractivity contribution in [2.24, 2.45) is 15.8 Å². The lowest BCUT2D eigenvalue weighted by Crippen LogP contribution is -2.32. The fraction of sp³-hybridized carbons (Fsp3) is 0.278. The fourth-order valence-electron chi connectivity index (χ4n) is 3.21. The van der Waals surface area contributed by atoms with Crippen LogP contribution >= 0.6 is 0 Å². The Labute approximate surface area is 146 Å². The van der Waals surface area contributed by atoms with Crippen molar-refractivity contribution >= 4 is 12.1 Å². The molecule has 7 nitrogen and oxygen atoms in total. The monoisotopic (exact) mass is 336 g/mol. The summed E-state index contributed by atoms with van der Waals surface area (Å²) in [5.41, 5.74) is 9.18. The van der Waals surface area contributed by atoms with Crippen LogP contribution in [0.5, 0.6) is 5.75 Å². The maximum Gasteiger partial charge on any atom is 0.168 e. The zero-order valence-electron chi connectivity index (χ0n) is 14.5. The normalized spacial score (nSPS) is 21.8. The molecule has 0 saturated heterocycles. The summed E-state index contributed by atoms with van der Waals surface area (Å²) in [7, 11) is 1.67. The molecule has 7 heteroatoms. The molecular weight excluding hydrogens is 316 g/mol. The third kappa shape index (κ3) is 2.48. The summed E-state index contributed by atoms with van der Waals surface area (Å²) in [6, 6.07) is 6.12. The second-order valence-electron chi connectivity index (χ2n) is 6.46. The Morgan fingerprint density at radius 2 is 2.16 bits per heavy atom. The molecule has 4 rings (SSSR count). The van der Waals surface area contributed by atoms with Crippen LogP contribution in [0, 0.1) is 6.92 Å². The molecule has 3 heterocycles. The molecule has 0 amide bonds. The van der Waals surface area contributed by atoms with Crippen LogP contribution in [-0.4, -0.2) is 40.3 Å². The minimum atomic E-state index is -0.438. The first-order valence-corrected chi connectivity index (χ1v) is 8.07. The maximum atomic E-state index is 6.04. The quantitative estimate of drug-likeness (QED) is 0.929. The van der Waals surface area contributed by atoms with Crippen molar-refractivity contribution in [3.63, 3.8) is 0 Å².